The molecular formula is C13H16Cl3NO. The standard InChI is InChI=1S/C13H16Cl3NO/c1-2-11(8-5-6-17-7-8)18-13-10(15)4-3-9(14)12(13)16/h3-4,8,11,17H,2,5-7H2,1H3/t8?,11-/m1/s1. The van der Waals surface area contributed by atoms with Crippen molar-refractivity contribution in [1.82, 2.24) is 5.32 Å². The molecule has 0 spiro atoms. The van der Waals surface area contributed by atoms with Gasteiger partial charge in [-0.2, -0.15) is 0 Å². The van der Waals surface area contributed by atoms with Crippen LogP contribution in [0.4, 0.5) is 0 Å². The number of nitrogens with one attached hydrogen (secondary N) is 1. The molecule has 1 fully saturated rings. The average molecular weight is 309 g/mol. The lowest BCUT2D eigenvalue weighted by molar-refractivity contribution is 0.139. The second kappa shape index (κ2) is 6.33. The summed E-state index contributed by atoms with van der Waals surface area (Å²) in [5.41, 5.74) is 0. The van der Waals surface area contributed by atoms with Crippen LogP contribution in [-0.2, 0) is 0 Å². The molecule has 0 aliphatic carbocycles. The van der Waals surface area contributed by atoms with Crippen LogP contribution in [0.2, 0.25) is 15.1 Å². The molecular weight excluding hydrogens is 293 g/mol. The molecule has 1 N–H and O–H groups in total. The molecule has 0 radical (unpaired) electrons. The zero-order valence-corrected chi connectivity index (χ0v) is 12.4. The Labute approximate surface area is 123 Å². The monoisotopic (exact) mass is 307 g/mol. The van der Waals surface area contributed by atoms with Crippen LogP contribution in [0.3, 0.4) is 0 Å². The zero-order valence-electron chi connectivity index (χ0n) is 10.2. The molecule has 1 aliphatic heterocycles. The van der Waals surface area contributed by atoms with E-state index in [2.05, 4.69) is 12.2 Å². The number of halogens is 3. The van der Waals surface area contributed by atoms with Crippen molar-refractivity contribution in [3.63, 3.8) is 0 Å². The normalized spacial score (nSPS) is 21.0. The predicted octanol–water partition coefficient (Wildman–Crippen LogP) is 4.41. The van der Waals surface area contributed by atoms with Gasteiger partial charge < -0.3 is 10.1 Å². The first-order valence-corrected chi connectivity index (χ1v) is 7.27. The van der Waals surface area contributed by atoms with Gasteiger partial charge in [-0.05, 0) is 31.5 Å². The van der Waals surface area contributed by atoms with Crippen LogP contribution in [0.1, 0.15) is 19.8 Å². The van der Waals surface area contributed by atoms with Crippen LogP contribution >= 0.6 is 34.8 Å². The van der Waals surface area contributed by atoms with E-state index in [-0.39, 0.29) is 6.10 Å². The number of rotatable bonds is 4. The van der Waals surface area contributed by atoms with Gasteiger partial charge in [-0.25, -0.2) is 0 Å². The third-order valence-corrected chi connectivity index (χ3v) is 4.38. The molecule has 2 rings (SSSR count). The summed E-state index contributed by atoms with van der Waals surface area (Å²) in [6, 6.07) is 3.39. The number of benzene rings is 1. The fourth-order valence-corrected chi connectivity index (χ4v) is 2.88. The first kappa shape index (κ1) is 14.3. The van der Waals surface area contributed by atoms with Gasteiger partial charge in [0, 0.05) is 12.5 Å². The molecule has 1 unspecified atom stereocenters. The summed E-state index contributed by atoms with van der Waals surface area (Å²) >= 11 is 18.3. The average Bonchev–Trinajstić information content (AvgIpc) is 2.88. The lowest BCUT2D eigenvalue weighted by Gasteiger charge is -2.24. The summed E-state index contributed by atoms with van der Waals surface area (Å²) in [7, 11) is 0. The fraction of sp³-hybridized carbons (Fsp3) is 0.538. The number of hydrogen-bond acceptors (Lipinski definition) is 2. The highest BCUT2D eigenvalue weighted by molar-refractivity contribution is 6.44. The van der Waals surface area contributed by atoms with Gasteiger partial charge in [-0.15, -0.1) is 0 Å². The SMILES string of the molecule is CC[C@@H](Oc1c(Cl)ccc(Cl)c1Cl)C1CCNC1. The highest BCUT2D eigenvalue weighted by Gasteiger charge is 2.26. The molecule has 1 aliphatic rings. The van der Waals surface area contributed by atoms with Crippen molar-refractivity contribution in [2.75, 3.05) is 13.1 Å². The van der Waals surface area contributed by atoms with Gasteiger partial charge in [0.05, 0.1) is 10.0 Å². The first-order chi connectivity index (χ1) is 8.63. The van der Waals surface area contributed by atoms with Crippen molar-refractivity contribution >= 4 is 34.8 Å². The van der Waals surface area contributed by atoms with E-state index in [9.17, 15) is 0 Å². The van der Waals surface area contributed by atoms with E-state index in [0.717, 1.165) is 25.9 Å². The summed E-state index contributed by atoms with van der Waals surface area (Å²) in [5.74, 6) is 1.01. The van der Waals surface area contributed by atoms with E-state index in [0.29, 0.717) is 26.7 Å². The van der Waals surface area contributed by atoms with Crippen molar-refractivity contribution in [2.45, 2.75) is 25.9 Å². The van der Waals surface area contributed by atoms with Gasteiger partial charge in [-0.3, -0.25) is 0 Å². The second-order valence-corrected chi connectivity index (χ2v) is 5.68. The summed E-state index contributed by atoms with van der Waals surface area (Å²) in [4.78, 5) is 0. The molecule has 1 saturated heterocycles. The minimum Gasteiger partial charge on any atom is -0.487 e. The fourth-order valence-electron chi connectivity index (χ4n) is 2.28. The van der Waals surface area contributed by atoms with Crippen LogP contribution in [0.15, 0.2) is 12.1 Å². The highest BCUT2D eigenvalue weighted by atomic mass is 35.5. The second-order valence-electron chi connectivity index (χ2n) is 4.49. The molecule has 0 saturated carbocycles. The van der Waals surface area contributed by atoms with Crippen molar-refractivity contribution < 1.29 is 4.74 Å². The molecule has 5 heteroatoms. The molecule has 2 atom stereocenters. The van der Waals surface area contributed by atoms with Crippen molar-refractivity contribution in [3.05, 3.63) is 27.2 Å². The van der Waals surface area contributed by atoms with Gasteiger partial charge >= 0.3 is 0 Å². The molecule has 0 bridgehead atoms. The van der Waals surface area contributed by atoms with Crippen LogP contribution in [0, 0.1) is 5.92 Å². The Kier molecular flexibility index (Phi) is 5.02. The molecule has 0 aromatic heterocycles. The third kappa shape index (κ3) is 3.05. The van der Waals surface area contributed by atoms with Crippen molar-refractivity contribution in [2.24, 2.45) is 5.92 Å². The Morgan fingerprint density at radius 1 is 1.33 bits per heavy atom. The molecule has 100 valence electrons. The van der Waals surface area contributed by atoms with Gasteiger partial charge in [0.2, 0.25) is 0 Å². The maximum atomic E-state index is 6.15. The van der Waals surface area contributed by atoms with Crippen LogP contribution in [-0.4, -0.2) is 19.2 Å². The van der Waals surface area contributed by atoms with Gasteiger partial charge in [0.25, 0.3) is 0 Å². The molecule has 1 aromatic carbocycles. The highest BCUT2D eigenvalue weighted by Crippen LogP contribution is 2.39. The largest absolute Gasteiger partial charge is 0.487 e. The summed E-state index contributed by atoms with van der Waals surface area (Å²) in [6.07, 6.45) is 2.16. The number of ether oxygens (including phenoxy) is 1. The Morgan fingerprint density at radius 2 is 2.06 bits per heavy atom. The molecule has 1 heterocycles. The van der Waals surface area contributed by atoms with E-state index in [1.54, 1.807) is 12.1 Å². The lowest BCUT2D eigenvalue weighted by Crippen LogP contribution is -2.28. The molecule has 2 nitrogen and oxygen atoms in total. The van der Waals surface area contributed by atoms with Gasteiger partial charge in [0.15, 0.2) is 5.75 Å². The Bertz CT molecular complexity index is 419. The first-order valence-electron chi connectivity index (χ1n) is 6.14. The van der Waals surface area contributed by atoms with Crippen LogP contribution < -0.4 is 10.1 Å². The summed E-state index contributed by atoms with van der Waals surface area (Å²) in [6.45, 7) is 4.13. The topological polar surface area (TPSA) is 21.3 Å². The minimum absolute atomic E-state index is 0.119. The zero-order chi connectivity index (χ0) is 13.1. The summed E-state index contributed by atoms with van der Waals surface area (Å²) in [5, 5.41) is 4.71. The molecule has 1 aromatic rings. The van der Waals surface area contributed by atoms with Crippen molar-refractivity contribution in [1.29, 1.82) is 0 Å². The molecule has 18 heavy (non-hydrogen) atoms. The third-order valence-electron chi connectivity index (χ3n) is 3.30. The predicted molar refractivity (Wildman–Crippen MR) is 77.2 cm³/mol. The van der Waals surface area contributed by atoms with E-state index in [1.807, 2.05) is 0 Å². The minimum atomic E-state index is 0.119. The lowest BCUT2D eigenvalue weighted by atomic mass is 9.99. The Morgan fingerprint density at radius 3 is 2.67 bits per heavy atom. The Balaban J connectivity index is 2.18. The summed E-state index contributed by atoms with van der Waals surface area (Å²) < 4.78 is 6.00. The van der Waals surface area contributed by atoms with Gasteiger partial charge in [0.1, 0.15) is 11.1 Å². The van der Waals surface area contributed by atoms with Crippen LogP contribution in [0.5, 0.6) is 5.75 Å². The smallest absolute Gasteiger partial charge is 0.158 e. The Hall–Kier alpha value is -0.150. The maximum absolute atomic E-state index is 6.15. The van der Waals surface area contributed by atoms with Crippen molar-refractivity contribution in [3.8, 4) is 5.75 Å². The quantitative estimate of drug-likeness (QED) is 0.832. The van der Waals surface area contributed by atoms with E-state index in [4.69, 9.17) is 39.5 Å². The molecule has 0 amide bonds. The van der Waals surface area contributed by atoms with E-state index >= 15 is 0 Å². The maximum Gasteiger partial charge on any atom is 0.158 e. The van der Waals surface area contributed by atoms with E-state index < -0.39 is 0 Å². The number of hydrogen-bond donors (Lipinski definition) is 1. The van der Waals surface area contributed by atoms with E-state index in [1.165, 1.54) is 0 Å². The van der Waals surface area contributed by atoms with Gasteiger partial charge in [-0.1, -0.05) is 41.7 Å². The van der Waals surface area contributed by atoms with Crippen LogP contribution in [0.25, 0.3) is 0 Å².